The maximum atomic E-state index is 13.6. The number of para-hydroxylation sites is 1. The van der Waals surface area contributed by atoms with Crippen molar-refractivity contribution in [2.24, 2.45) is 5.92 Å². The molecule has 7 heteroatoms. The Morgan fingerprint density at radius 3 is 2.22 bits per heavy atom. The van der Waals surface area contributed by atoms with Gasteiger partial charge in [0, 0.05) is 11.6 Å². The van der Waals surface area contributed by atoms with Gasteiger partial charge in [0.15, 0.2) is 0 Å². The summed E-state index contributed by atoms with van der Waals surface area (Å²) in [6.45, 7) is 3.78. The summed E-state index contributed by atoms with van der Waals surface area (Å²) in [4.78, 5) is 39.6. The Kier molecular flexibility index (Phi) is 8.48. The molecule has 0 radical (unpaired) electrons. The Morgan fingerprint density at radius 1 is 0.919 bits per heavy atom. The number of hydrogen-bond acceptors (Lipinski definition) is 5. The fourth-order valence-corrected chi connectivity index (χ4v) is 4.75. The molecule has 0 spiro atoms. The molecule has 4 N–H and O–H groups in total. The highest BCUT2D eigenvalue weighted by Gasteiger charge is 2.37. The Labute approximate surface area is 217 Å². The maximum Gasteiger partial charge on any atom is 0.255 e. The molecule has 0 aliphatic carbocycles. The Balaban J connectivity index is 1.67. The number of carbonyl (C=O) groups is 3. The predicted octanol–water partition coefficient (Wildman–Crippen LogP) is 3.71. The minimum absolute atomic E-state index is 0.0850. The SMILES string of the molecule is CC(C)C[C@H](O)C(=O)NC(=O)[C@@H](N[C@@H]1C(=O)Nc2ccccc2C[C@H]1c1ccccc1)c1ccccc1. The Hall–Kier alpha value is -3.81. The van der Waals surface area contributed by atoms with Crippen LogP contribution in [-0.4, -0.2) is 35.0 Å². The van der Waals surface area contributed by atoms with Crippen molar-refractivity contribution in [3.63, 3.8) is 0 Å². The van der Waals surface area contributed by atoms with Crippen LogP contribution in [0.2, 0.25) is 0 Å². The van der Waals surface area contributed by atoms with Gasteiger partial charge in [0.25, 0.3) is 5.91 Å². The number of anilines is 1. The second-order valence-corrected chi connectivity index (χ2v) is 9.85. The molecule has 37 heavy (non-hydrogen) atoms. The van der Waals surface area contributed by atoms with E-state index < -0.39 is 30.0 Å². The quantitative estimate of drug-likeness (QED) is 0.378. The zero-order valence-electron chi connectivity index (χ0n) is 21.1. The third kappa shape index (κ3) is 6.50. The molecule has 4 atom stereocenters. The van der Waals surface area contributed by atoms with Crippen molar-refractivity contribution in [2.75, 3.05) is 5.32 Å². The van der Waals surface area contributed by atoms with Gasteiger partial charge in [-0.25, -0.2) is 0 Å². The monoisotopic (exact) mass is 499 g/mol. The highest BCUT2D eigenvalue weighted by Crippen LogP contribution is 2.33. The van der Waals surface area contributed by atoms with E-state index >= 15 is 0 Å². The van der Waals surface area contributed by atoms with Crippen LogP contribution in [0, 0.1) is 5.92 Å². The number of aliphatic hydroxyl groups is 1. The van der Waals surface area contributed by atoms with Gasteiger partial charge < -0.3 is 10.4 Å². The molecule has 0 unspecified atom stereocenters. The normalized spacial score (nSPS) is 18.8. The molecule has 0 bridgehead atoms. The first-order valence-corrected chi connectivity index (χ1v) is 12.6. The van der Waals surface area contributed by atoms with Crippen molar-refractivity contribution in [3.05, 3.63) is 102 Å². The molecule has 4 rings (SSSR count). The highest BCUT2D eigenvalue weighted by atomic mass is 16.3. The molecule has 1 aliphatic rings. The highest BCUT2D eigenvalue weighted by molar-refractivity contribution is 6.01. The van der Waals surface area contributed by atoms with E-state index in [0.29, 0.717) is 12.0 Å². The number of carbonyl (C=O) groups excluding carboxylic acids is 3. The van der Waals surface area contributed by atoms with Gasteiger partial charge in [-0.3, -0.25) is 25.0 Å². The zero-order chi connectivity index (χ0) is 26.4. The van der Waals surface area contributed by atoms with E-state index in [0.717, 1.165) is 16.8 Å². The lowest BCUT2D eigenvalue weighted by Gasteiger charge is -2.29. The smallest absolute Gasteiger partial charge is 0.255 e. The number of amides is 3. The number of fused-ring (bicyclic) bond motifs is 1. The first-order chi connectivity index (χ1) is 17.8. The number of aliphatic hydroxyl groups excluding tert-OH is 1. The summed E-state index contributed by atoms with van der Waals surface area (Å²) in [5.74, 6) is -1.83. The van der Waals surface area contributed by atoms with E-state index in [1.807, 2.05) is 74.5 Å². The topological polar surface area (TPSA) is 108 Å². The second kappa shape index (κ2) is 12.0. The first-order valence-electron chi connectivity index (χ1n) is 12.6. The lowest BCUT2D eigenvalue weighted by molar-refractivity contribution is -0.137. The standard InChI is InChI=1S/C30H33N3O4/c1-19(2)17-25(34)28(35)33-29(36)26(21-13-7-4-8-14-21)32-27-23(20-11-5-3-6-12-20)18-22-15-9-10-16-24(22)31-30(27)37/h3-16,19,23,25-27,32,34H,17-18H2,1-2H3,(H,31,37)(H,33,35,36)/t23-,25-,26-,27-/m0/s1. The number of nitrogens with one attached hydrogen (secondary N) is 3. The van der Waals surface area contributed by atoms with Gasteiger partial charge >= 0.3 is 0 Å². The fraction of sp³-hybridized carbons (Fsp3) is 0.300. The Bertz CT molecular complexity index is 1230. The van der Waals surface area contributed by atoms with Gasteiger partial charge in [-0.15, -0.1) is 0 Å². The van der Waals surface area contributed by atoms with Crippen LogP contribution in [0.1, 0.15) is 48.9 Å². The van der Waals surface area contributed by atoms with E-state index in [9.17, 15) is 19.5 Å². The minimum atomic E-state index is -1.30. The Morgan fingerprint density at radius 2 is 1.54 bits per heavy atom. The second-order valence-electron chi connectivity index (χ2n) is 9.85. The van der Waals surface area contributed by atoms with E-state index in [4.69, 9.17) is 0 Å². The first kappa shape index (κ1) is 26.3. The fourth-order valence-electron chi connectivity index (χ4n) is 4.75. The molecule has 0 aromatic heterocycles. The summed E-state index contributed by atoms with van der Waals surface area (Å²) in [5.41, 5.74) is 3.31. The molecule has 0 fully saturated rings. The van der Waals surface area contributed by atoms with Crippen LogP contribution in [0.4, 0.5) is 5.69 Å². The molecular formula is C30H33N3O4. The number of rotatable bonds is 8. The van der Waals surface area contributed by atoms with E-state index in [-0.39, 0.29) is 24.2 Å². The summed E-state index contributed by atoms with van der Waals surface area (Å²) >= 11 is 0. The van der Waals surface area contributed by atoms with Gasteiger partial charge in [-0.05, 0) is 41.5 Å². The summed E-state index contributed by atoms with van der Waals surface area (Å²) in [7, 11) is 0. The lowest BCUT2D eigenvalue weighted by atomic mass is 9.85. The number of hydrogen-bond donors (Lipinski definition) is 4. The van der Waals surface area contributed by atoms with Gasteiger partial charge in [0.05, 0.1) is 6.04 Å². The van der Waals surface area contributed by atoms with Crippen molar-refractivity contribution in [1.29, 1.82) is 0 Å². The van der Waals surface area contributed by atoms with Crippen molar-refractivity contribution in [2.45, 2.75) is 50.8 Å². The largest absolute Gasteiger partial charge is 0.383 e. The van der Waals surface area contributed by atoms with E-state index in [2.05, 4.69) is 16.0 Å². The molecule has 1 aliphatic heterocycles. The number of benzene rings is 3. The van der Waals surface area contributed by atoms with E-state index in [1.54, 1.807) is 24.3 Å². The van der Waals surface area contributed by atoms with Crippen LogP contribution < -0.4 is 16.0 Å². The molecule has 0 saturated carbocycles. The third-order valence-electron chi connectivity index (χ3n) is 6.61. The summed E-state index contributed by atoms with van der Waals surface area (Å²) in [6.07, 6.45) is -0.485. The molecule has 3 aromatic rings. The third-order valence-corrected chi connectivity index (χ3v) is 6.61. The molecule has 0 saturated heterocycles. The van der Waals surface area contributed by atoms with Crippen molar-refractivity contribution < 1.29 is 19.5 Å². The predicted molar refractivity (Wildman–Crippen MR) is 143 cm³/mol. The summed E-state index contributed by atoms with van der Waals surface area (Å²) in [5, 5.41) is 18.9. The molecule has 192 valence electrons. The maximum absolute atomic E-state index is 13.6. The zero-order valence-corrected chi connectivity index (χ0v) is 21.1. The van der Waals surface area contributed by atoms with Crippen molar-refractivity contribution in [1.82, 2.24) is 10.6 Å². The van der Waals surface area contributed by atoms with Gasteiger partial charge in [0.2, 0.25) is 11.8 Å². The van der Waals surface area contributed by atoms with Crippen molar-refractivity contribution in [3.8, 4) is 0 Å². The van der Waals surface area contributed by atoms with Gasteiger partial charge in [-0.1, -0.05) is 92.7 Å². The van der Waals surface area contributed by atoms with Crippen LogP contribution in [-0.2, 0) is 20.8 Å². The average molecular weight is 500 g/mol. The van der Waals surface area contributed by atoms with Crippen LogP contribution in [0.25, 0.3) is 0 Å². The summed E-state index contributed by atoms with van der Waals surface area (Å²) < 4.78 is 0. The van der Waals surface area contributed by atoms with Crippen molar-refractivity contribution >= 4 is 23.4 Å². The lowest BCUT2D eigenvalue weighted by Crippen LogP contribution is -2.51. The molecular weight excluding hydrogens is 466 g/mol. The minimum Gasteiger partial charge on any atom is -0.383 e. The van der Waals surface area contributed by atoms with Crippen LogP contribution in [0.3, 0.4) is 0 Å². The number of imide groups is 1. The molecule has 3 amide bonds. The average Bonchev–Trinajstić information content (AvgIpc) is 3.03. The van der Waals surface area contributed by atoms with Crippen LogP contribution >= 0.6 is 0 Å². The van der Waals surface area contributed by atoms with E-state index in [1.165, 1.54) is 0 Å². The molecule has 3 aromatic carbocycles. The molecule has 7 nitrogen and oxygen atoms in total. The molecule has 1 heterocycles. The summed E-state index contributed by atoms with van der Waals surface area (Å²) in [6, 6.07) is 24.6. The van der Waals surface area contributed by atoms with Gasteiger partial charge in [0.1, 0.15) is 12.1 Å². The van der Waals surface area contributed by atoms with Gasteiger partial charge in [-0.2, -0.15) is 0 Å². The van der Waals surface area contributed by atoms with Crippen LogP contribution in [0.15, 0.2) is 84.9 Å². The van der Waals surface area contributed by atoms with Crippen LogP contribution in [0.5, 0.6) is 0 Å².